The average Bonchev–Trinajstić information content (AvgIpc) is 3.02. The van der Waals surface area contributed by atoms with Gasteiger partial charge in [-0.15, -0.1) is 16.8 Å². The second-order valence-corrected chi connectivity index (χ2v) is 7.59. The number of ether oxygens (including phenoxy) is 1. The second-order valence-electron chi connectivity index (χ2n) is 6.21. The Kier molecular flexibility index (Phi) is 6.58. The Labute approximate surface area is 169 Å². The molecule has 0 aliphatic carbocycles. The van der Waals surface area contributed by atoms with Gasteiger partial charge in [-0.3, -0.25) is 4.57 Å². The normalized spacial score (nSPS) is 10.8. The summed E-state index contributed by atoms with van der Waals surface area (Å²) in [6, 6.07) is 14.0. The summed E-state index contributed by atoms with van der Waals surface area (Å²) in [7, 11) is 0. The third kappa shape index (κ3) is 4.93. The van der Waals surface area contributed by atoms with Crippen LogP contribution in [-0.2, 0) is 18.9 Å². The van der Waals surface area contributed by atoms with Crippen molar-refractivity contribution in [2.24, 2.45) is 0 Å². The van der Waals surface area contributed by atoms with Crippen molar-refractivity contribution in [2.45, 2.75) is 37.9 Å². The van der Waals surface area contributed by atoms with Crippen molar-refractivity contribution in [3.8, 4) is 5.75 Å². The molecule has 27 heavy (non-hydrogen) atoms. The van der Waals surface area contributed by atoms with Gasteiger partial charge in [0, 0.05) is 17.3 Å². The summed E-state index contributed by atoms with van der Waals surface area (Å²) in [5.74, 6) is 2.41. The molecule has 0 atom stereocenters. The van der Waals surface area contributed by atoms with Gasteiger partial charge in [0.15, 0.2) is 11.0 Å². The number of halogens is 1. The molecular weight excluding hydrogens is 378 g/mol. The van der Waals surface area contributed by atoms with Crippen molar-refractivity contribution in [1.29, 1.82) is 0 Å². The zero-order valence-corrected chi connectivity index (χ0v) is 17.1. The standard InChI is InChI=1S/C21H22ClN3OS/c1-4-11-25-20(13-26-19-10-9-18(22)12-16(19)3)23-24-21(25)27-14-17-8-6-5-7-15(17)2/h4-10,12H,1,11,13-14H2,2-3H3. The molecule has 140 valence electrons. The van der Waals surface area contributed by atoms with Crippen LogP contribution in [0, 0.1) is 13.8 Å². The lowest BCUT2D eigenvalue weighted by molar-refractivity contribution is 0.287. The van der Waals surface area contributed by atoms with Crippen LogP contribution >= 0.6 is 23.4 Å². The van der Waals surface area contributed by atoms with E-state index in [9.17, 15) is 0 Å². The third-order valence-corrected chi connectivity index (χ3v) is 5.47. The average molecular weight is 400 g/mol. The van der Waals surface area contributed by atoms with Crippen LogP contribution in [0.1, 0.15) is 22.5 Å². The molecule has 4 nitrogen and oxygen atoms in total. The Balaban J connectivity index is 1.72. The lowest BCUT2D eigenvalue weighted by atomic mass is 10.1. The summed E-state index contributed by atoms with van der Waals surface area (Å²) >= 11 is 7.67. The Bertz CT molecular complexity index is 939. The molecule has 0 saturated heterocycles. The third-order valence-electron chi connectivity index (χ3n) is 4.22. The van der Waals surface area contributed by atoms with Gasteiger partial charge >= 0.3 is 0 Å². The van der Waals surface area contributed by atoms with Gasteiger partial charge in [0.05, 0.1) is 0 Å². The SMILES string of the molecule is C=CCn1c(COc2ccc(Cl)cc2C)nnc1SCc1ccccc1C. The molecule has 0 aliphatic rings. The Morgan fingerprint density at radius 2 is 1.96 bits per heavy atom. The van der Waals surface area contributed by atoms with E-state index in [1.165, 1.54) is 11.1 Å². The van der Waals surface area contributed by atoms with Crippen molar-refractivity contribution in [1.82, 2.24) is 14.8 Å². The fourth-order valence-corrected chi connectivity index (χ4v) is 3.95. The molecule has 1 heterocycles. The van der Waals surface area contributed by atoms with E-state index >= 15 is 0 Å². The van der Waals surface area contributed by atoms with Crippen LogP contribution in [0.15, 0.2) is 60.3 Å². The Morgan fingerprint density at radius 1 is 1.15 bits per heavy atom. The summed E-state index contributed by atoms with van der Waals surface area (Å²) in [5, 5.41) is 10.2. The van der Waals surface area contributed by atoms with E-state index in [4.69, 9.17) is 16.3 Å². The molecule has 0 amide bonds. The minimum absolute atomic E-state index is 0.342. The molecule has 0 spiro atoms. The largest absolute Gasteiger partial charge is 0.485 e. The van der Waals surface area contributed by atoms with Crippen molar-refractivity contribution >= 4 is 23.4 Å². The van der Waals surface area contributed by atoms with E-state index in [0.717, 1.165) is 28.0 Å². The van der Waals surface area contributed by atoms with E-state index in [2.05, 4.69) is 48.0 Å². The summed E-state index contributed by atoms with van der Waals surface area (Å²) in [4.78, 5) is 0. The molecule has 0 saturated carbocycles. The molecule has 6 heteroatoms. The maximum atomic E-state index is 6.00. The van der Waals surface area contributed by atoms with Gasteiger partial charge in [0.2, 0.25) is 0 Å². The highest BCUT2D eigenvalue weighted by atomic mass is 35.5. The number of nitrogens with zero attached hydrogens (tertiary/aromatic N) is 3. The van der Waals surface area contributed by atoms with Gasteiger partial charge < -0.3 is 4.74 Å². The predicted octanol–water partition coefficient (Wildman–Crippen LogP) is 5.61. The van der Waals surface area contributed by atoms with E-state index in [1.54, 1.807) is 11.8 Å². The van der Waals surface area contributed by atoms with Crippen LogP contribution in [0.25, 0.3) is 0 Å². The molecule has 0 unspecified atom stereocenters. The van der Waals surface area contributed by atoms with Crippen LogP contribution in [0.4, 0.5) is 0 Å². The molecule has 0 N–H and O–H groups in total. The zero-order valence-electron chi connectivity index (χ0n) is 15.5. The molecule has 0 aliphatic heterocycles. The van der Waals surface area contributed by atoms with Gasteiger partial charge in [0.25, 0.3) is 0 Å². The molecular formula is C21H22ClN3OS. The quantitative estimate of drug-likeness (QED) is 0.365. The lowest BCUT2D eigenvalue weighted by Crippen LogP contribution is -2.08. The maximum Gasteiger partial charge on any atom is 0.191 e. The fourth-order valence-electron chi connectivity index (χ4n) is 2.68. The monoisotopic (exact) mass is 399 g/mol. The smallest absolute Gasteiger partial charge is 0.191 e. The first-order chi connectivity index (χ1) is 13.1. The number of hydrogen-bond donors (Lipinski definition) is 0. The van der Waals surface area contributed by atoms with Crippen LogP contribution in [0.2, 0.25) is 5.02 Å². The van der Waals surface area contributed by atoms with E-state index in [0.29, 0.717) is 18.2 Å². The van der Waals surface area contributed by atoms with Crippen molar-refractivity contribution in [3.63, 3.8) is 0 Å². The minimum atomic E-state index is 0.342. The Hall–Kier alpha value is -2.24. The number of benzene rings is 2. The molecule has 1 aromatic heterocycles. The first kappa shape index (κ1) is 19.5. The fraction of sp³-hybridized carbons (Fsp3) is 0.238. The minimum Gasteiger partial charge on any atom is -0.485 e. The lowest BCUT2D eigenvalue weighted by Gasteiger charge is -2.11. The van der Waals surface area contributed by atoms with E-state index in [-0.39, 0.29) is 0 Å². The van der Waals surface area contributed by atoms with Gasteiger partial charge in [0.1, 0.15) is 12.4 Å². The van der Waals surface area contributed by atoms with Crippen molar-refractivity contribution in [3.05, 3.63) is 82.7 Å². The molecule has 3 aromatic rings. The number of aryl methyl sites for hydroxylation is 2. The van der Waals surface area contributed by atoms with Crippen molar-refractivity contribution in [2.75, 3.05) is 0 Å². The first-order valence-electron chi connectivity index (χ1n) is 8.67. The van der Waals surface area contributed by atoms with E-state index in [1.807, 2.05) is 35.8 Å². The second kappa shape index (κ2) is 9.11. The highest BCUT2D eigenvalue weighted by Crippen LogP contribution is 2.25. The van der Waals surface area contributed by atoms with Gasteiger partial charge in [-0.05, 0) is 48.7 Å². The Morgan fingerprint density at radius 3 is 2.70 bits per heavy atom. The van der Waals surface area contributed by atoms with Crippen LogP contribution in [0.3, 0.4) is 0 Å². The number of allylic oxidation sites excluding steroid dienone is 1. The zero-order chi connectivity index (χ0) is 19.2. The number of rotatable bonds is 8. The van der Waals surface area contributed by atoms with Gasteiger partial charge in [-0.1, -0.05) is 53.7 Å². The van der Waals surface area contributed by atoms with Crippen molar-refractivity contribution < 1.29 is 4.74 Å². The topological polar surface area (TPSA) is 39.9 Å². The number of aromatic nitrogens is 3. The van der Waals surface area contributed by atoms with Gasteiger partial charge in [-0.25, -0.2) is 0 Å². The molecule has 0 radical (unpaired) electrons. The summed E-state index contributed by atoms with van der Waals surface area (Å²) < 4.78 is 7.98. The summed E-state index contributed by atoms with van der Waals surface area (Å²) in [5.41, 5.74) is 3.57. The van der Waals surface area contributed by atoms with Gasteiger partial charge in [-0.2, -0.15) is 0 Å². The molecule has 2 aromatic carbocycles. The summed E-state index contributed by atoms with van der Waals surface area (Å²) in [6.45, 7) is 8.93. The predicted molar refractivity (Wildman–Crippen MR) is 111 cm³/mol. The maximum absolute atomic E-state index is 6.00. The summed E-state index contributed by atoms with van der Waals surface area (Å²) in [6.07, 6.45) is 1.85. The molecule has 3 rings (SSSR count). The van der Waals surface area contributed by atoms with E-state index < -0.39 is 0 Å². The highest BCUT2D eigenvalue weighted by Gasteiger charge is 2.13. The molecule has 0 bridgehead atoms. The number of hydrogen-bond acceptors (Lipinski definition) is 4. The van der Waals surface area contributed by atoms with Crippen LogP contribution in [-0.4, -0.2) is 14.8 Å². The highest BCUT2D eigenvalue weighted by molar-refractivity contribution is 7.98. The number of thioether (sulfide) groups is 1. The molecule has 0 fully saturated rings. The first-order valence-corrected chi connectivity index (χ1v) is 10.0. The van der Waals surface area contributed by atoms with Crippen LogP contribution < -0.4 is 4.74 Å². The van der Waals surface area contributed by atoms with Crippen LogP contribution in [0.5, 0.6) is 5.75 Å².